The van der Waals surface area contributed by atoms with Crippen molar-refractivity contribution < 1.29 is 14.5 Å². The van der Waals surface area contributed by atoms with Gasteiger partial charge in [-0.05, 0) is 30.7 Å². The highest BCUT2D eigenvalue weighted by atomic mass is 32.2. The van der Waals surface area contributed by atoms with E-state index in [9.17, 15) is 19.7 Å². The summed E-state index contributed by atoms with van der Waals surface area (Å²) in [5, 5.41) is 11.6. The van der Waals surface area contributed by atoms with Crippen molar-refractivity contribution in [3.05, 3.63) is 69.0 Å². The number of thioether (sulfide) groups is 1. The third kappa shape index (κ3) is 4.80. The van der Waals surface area contributed by atoms with E-state index in [1.165, 1.54) is 28.8 Å². The Morgan fingerprint density at radius 1 is 1.21 bits per heavy atom. The van der Waals surface area contributed by atoms with E-state index in [2.05, 4.69) is 4.98 Å². The van der Waals surface area contributed by atoms with Crippen LogP contribution in [0.25, 0.3) is 16.6 Å². The van der Waals surface area contributed by atoms with Crippen LogP contribution in [-0.4, -0.2) is 32.8 Å². The first-order chi connectivity index (χ1) is 14.0. The van der Waals surface area contributed by atoms with E-state index < -0.39 is 4.92 Å². The Bertz CT molecular complexity index is 1100. The van der Waals surface area contributed by atoms with E-state index in [4.69, 9.17) is 4.74 Å². The number of esters is 1. The third-order valence-electron chi connectivity index (χ3n) is 4.14. The van der Waals surface area contributed by atoms with Crippen LogP contribution >= 0.6 is 11.8 Å². The molecule has 0 aliphatic carbocycles. The van der Waals surface area contributed by atoms with Gasteiger partial charge in [0.15, 0.2) is 5.16 Å². The van der Waals surface area contributed by atoms with Crippen molar-refractivity contribution in [2.75, 3.05) is 12.4 Å². The summed E-state index contributed by atoms with van der Waals surface area (Å²) in [6.07, 6.45) is 1.71. The highest BCUT2D eigenvalue weighted by molar-refractivity contribution is 7.99. The van der Waals surface area contributed by atoms with Gasteiger partial charge >= 0.3 is 5.97 Å². The quantitative estimate of drug-likeness (QED) is 0.138. The van der Waals surface area contributed by atoms with Crippen LogP contribution in [0.2, 0.25) is 0 Å². The fourth-order valence-corrected chi connectivity index (χ4v) is 3.47. The van der Waals surface area contributed by atoms with Crippen LogP contribution in [0.15, 0.2) is 58.5 Å². The number of non-ortho nitro benzene ring substituents is 1. The van der Waals surface area contributed by atoms with Gasteiger partial charge in [-0.3, -0.25) is 24.3 Å². The minimum atomic E-state index is -0.507. The van der Waals surface area contributed by atoms with Gasteiger partial charge in [0.05, 0.1) is 33.9 Å². The number of carbonyl (C=O) groups excluding carboxylic acids is 1. The number of hydrogen-bond acceptors (Lipinski definition) is 7. The molecule has 0 spiro atoms. The second kappa shape index (κ2) is 9.33. The number of unbranched alkanes of at least 4 members (excludes halogenated alkanes) is 1. The highest BCUT2D eigenvalue weighted by Gasteiger charge is 2.16. The number of aromatic nitrogens is 2. The van der Waals surface area contributed by atoms with Crippen LogP contribution in [0.3, 0.4) is 0 Å². The number of nitrogens with zero attached hydrogens (tertiary/aromatic N) is 3. The van der Waals surface area contributed by atoms with Gasteiger partial charge in [-0.2, -0.15) is 0 Å². The predicted molar refractivity (Wildman–Crippen MR) is 111 cm³/mol. The lowest BCUT2D eigenvalue weighted by molar-refractivity contribution is -0.384. The van der Waals surface area contributed by atoms with Gasteiger partial charge in [-0.1, -0.05) is 37.2 Å². The molecule has 0 aliphatic heterocycles. The monoisotopic (exact) mass is 413 g/mol. The summed E-state index contributed by atoms with van der Waals surface area (Å²) in [5.41, 5.74) is 0.550. The van der Waals surface area contributed by atoms with Crippen LogP contribution in [0.4, 0.5) is 5.69 Å². The molecule has 0 amide bonds. The maximum Gasteiger partial charge on any atom is 0.316 e. The molecule has 0 saturated heterocycles. The first kappa shape index (κ1) is 20.5. The average molecular weight is 413 g/mol. The first-order valence-corrected chi connectivity index (χ1v) is 10.0. The molecular weight excluding hydrogens is 394 g/mol. The van der Waals surface area contributed by atoms with Crippen LogP contribution in [0, 0.1) is 10.1 Å². The Hall–Kier alpha value is -3.20. The molecule has 0 fully saturated rings. The highest BCUT2D eigenvalue weighted by Crippen LogP contribution is 2.23. The molecule has 0 unspecified atom stereocenters. The fourth-order valence-electron chi connectivity index (χ4n) is 2.66. The second-order valence-electron chi connectivity index (χ2n) is 6.19. The predicted octanol–water partition coefficient (Wildman–Crippen LogP) is 3.73. The molecule has 1 aromatic heterocycles. The molecule has 2 aromatic carbocycles. The third-order valence-corrected chi connectivity index (χ3v) is 5.06. The van der Waals surface area contributed by atoms with Crippen molar-refractivity contribution in [1.29, 1.82) is 0 Å². The van der Waals surface area contributed by atoms with E-state index in [0.717, 1.165) is 24.6 Å². The van der Waals surface area contributed by atoms with Crippen molar-refractivity contribution in [3.8, 4) is 5.69 Å². The van der Waals surface area contributed by atoms with Gasteiger partial charge in [0.2, 0.25) is 0 Å². The zero-order valence-corrected chi connectivity index (χ0v) is 16.6. The van der Waals surface area contributed by atoms with Crippen molar-refractivity contribution in [3.63, 3.8) is 0 Å². The molecule has 0 saturated carbocycles. The lowest BCUT2D eigenvalue weighted by Gasteiger charge is -2.13. The van der Waals surface area contributed by atoms with Crippen LogP contribution in [0.1, 0.15) is 19.8 Å². The van der Waals surface area contributed by atoms with E-state index >= 15 is 0 Å². The number of carbonyl (C=O) groups is 1. The van der Waals surface area contributed by atoms with E-state index in [1.54, 1.807) is 24.3 Å². The Morgan fingerprint density at radius 2 is 1.93 bits per heavy atom. The molecule has 150 valence electrons. The Labute approximate surface area is 170 Å². The number of rotatable bonds is 8. The minimum Gasteiger partial charge on any atom is -0.465 e. The van der Waals surface area contributed by atoms with E-state index in [0.29, 0.717) is 28.4 Å². The van der Waals surface area contributed by atoms with Gasteiger partial charge in [-0.15, -0.1) is 0 Å². The number of fused-ring (bicyclic) bond motifs is 1. The zero-order valence-electron chi connectivity index (χ0n) is 15.7. The first-order valence-electron chi connectivity index (χ1n) is 9.06. The van der Waals surface area contributed by atoms with Crippen molar-refractivity contribution in [1.82, 2.24) is 9.55 Å². The molecule has 8 nitrogen and oxygen atoms in total. The summed E-state index contributed by atoms with van der Waals surface area (Å²) in [7, 11) is 0. The molecule has 3 rings (SSSR count). The molecule has 9 heteroatoms. The van der Waals surface area contributed by atoms with E-state index in [-0.39, 0.29) is 23.0 Å². The van der Waals surface area contributed by atoms with Crippen LogP contribution in [-0.2, 0) is 9.53 Å². The number of ether oxygens (including phenoxy) is 1. The molecule has 1 heterocycles. The normalized spacial score (nSPS) is 10.8. The Balaban J connectivity index is 1.98. The summed E-state index contributed by atoms with van der Waals surface area (Å²) in [6, 6.07) is 12.5. The summed E-state index contributed by atoms with van der Waals surface area (Å²) in [4.78, 5) is 40.0. The van der Waals surface area contributed by atoms with Crippen molar-refractivity contribution >= 4 is 34.3 Å². The van der Waals surface area contributed by atoms with E-state index in [1.807, 2.05) is 6.92 Å². The standard InChI is InChI=1S/C20H19N3O5S/c1-2-3-12-28-18(24)13-29-20-21-17-7-5-4-6-16(17)19(25)22(20)14-8-10-15(11-9-14)23(26)27/h4-11H,2-3,12-13H2,1H3. The number of para-hydroxylation sites is 1. The average Bonchev–Trinajstić information content (AvgIpc) is 2.73. The van der Waals surface area contributed by atoms with Gasteiger partial charge in [0, 0.05) is 12.1 Å². The van der Waals surface area contributed by atoms with Crippen molar-refractivity contribution in [2.24, 2.45) is 0 Å². The summed E-state index contributed by atoms with van der Waals surface area (Å²) in [5.74, 6) is -0.386. The summed E-state index contributed by atoms with van der Waals surface area (Å²) >= 11 is 1.09. The lowest BCUT2D eigenvalue weighted by Crippen LogP contribution is -2.22. The van der Waals surface area contributed by atoms with Crippen molar-refractivity contribution in [2.45, 2.75) is 24.9 Å². The smallest absolute Gasteiger partial charge is 0.316 e. The molecule has 0 radical (unpaired) electrons. The number of nitro benzene ring substituents is 1. The lowest BCUT2D eigenvalue weighted by atomic mass is 10.2. The maximum atomic E-state index is 13.1. The van der Waals surface area contributed by atoms with Gasteiger partial charge in [-0.25, -0.2) is 4.98 Å². The zero-order chi connectivity index (χ0) is 20.8. The maximum absolute atomic E-state index is 13.1. The minimum absolute atomic E-state index is 0.00146. The van der Waals surface area contributed by atoms with Gasteiger partial charge in [0.1, 0.15) is 0 Å². The molecule has 0 N–H and O–H groups in total. The molecule has 0 bridgehead atoms. The van der Waals surface area contributed by atoms with Crippen LogP contribution in [0.5, 0.6) is 0 Å². The van der Waals surface area contributed by atoms with Crippen LogP contribution < -0.4 is 5.56 Å². The number of nitro groups is 1. The molecule has 29 heavy (non-hydrogen) atoms. The molecule has 0 atom stereocenters. The van der Waals surface area contributed by atoms with Gasteiger partial charge < -0.3 is 4.74 Å². The SMILES string of the molecule is CCCCOC(=O)CSc1nc2ccccc2c(=O)n1-c1ccc([N+](=O)[O-])cc1. The molecular formula is C20H19N3O5S. The molecule has 3 aromatic rings. The summed E-state index contributed by atoms with van der Waals surface area (Å²) < 4.78 is 6.52. The second-order valence-corrected chi connectivity index (χ2v) is 7.13. The topological polar surface area (TPSA) is 104 Å². The summed E-state index contributed by atoms with van der Waals surface area (Å²) in [6.45, 7) is 2.36. The Kier molecular flexibility index (Phi) is 6.61. The number of hydrogen-bond donors (Lipinski definition) is 0. The van der Waals surface area contributed by atoms with Gasteiger partial charge in [0.25, 0.3) is 11.2 Å². The largest absolute Gasteiger partial charge is 0.465 e. The Morgan fingerprint density at radius 3 is 2.62 bits per heavy atom. The fraction of sp³-hybridized carbons (Fsp3) is 0.250. The molecule has 0 aliphatic rings. The number of benzene rings is 2.